The summed E-state index contributed by atoms with van der Waals surface area (Å²) in [4.78, 5) is 26.1. The first-order chi connectivity index (χ1) is 8.09. The minimum absolute atomic E-state index is 0.0605. The zero-order valence-corrected chi connectivity index (χ0v) is 10.4. The Morgan fingerprint density at radius 1 is 1.29 bits per heavy atom. The van der Waals surface area contributed by atoms with Crippen LogP contribution in [0.15, 0.2) is 0 Å². The predicted octanol–water partition coefficient (Wildman–Crippen LogP) is 0.788. The van der Waals surface area contributed by atoms with Gasteiger partial charge in [0.15, 0.2) is 0 Å². The Labute approximate surface area is 102 Å². The molecule has 17 heavy (non-hydrogen) atoms. The smallest absolute Gasteiger partial charge is 0.326 e. The zero-order chi connectivity index (χ0) is 12.4. The van der Waals surface area contributed by atoms with Gasteiger partial charge in [0, 0.05) is 19.6 Å². The van der Waals surface area contributed by atoms with E-state index in [0.717, 1.165) is 12.8 Å². The molecule has 0 radical (unpaired) electrons. The minimum Gasteiger partial charge on any atom is -0.326 e. The number of amides is 3. The van der Waals surface area contributed by atoms with Crippen molar-refractivity contribution in [1.29, 1.82) is 0 Å². The van der Waals surface area contributed by atoms with Crippen molar-refractivity contribution in [3.05, 3.63) is 0 Å². The molecule has 0 bridgehead atoms. The largest absolute Gasteiger partial charge is 0.327 e. The van der Waals surface area contributed by atoms with E-state index < -0.39 is 0 Å². The van der Waals surface area contributed by atoms with Crippen LogP contribution in [0.25, 0.3) is 0 Å². The first-order valence-corrected chi connectivity index (χ1v) is 6.40. The van der Waals surface area contributed by atoms with Crippen molar-refractivity contribution in [2.75, 3.05) is 20.1 Å². The van der Waals surface area contributed by atoms with E-state index in [1.807, 2.05) is 0 Å². The molecule has 1 saturated carbocycles. The highest BCUT2D eigenvalue weighted by Crippen LogP contribution is 2.26. The van der Waals surface area contributed by atoms with Crippen molar-refractivity contribution in [2.45, 2.75) is 38.1 Å². The van der Waals surface area contributed by atoms with Crippen molar-refractivity contribution in [1.82, 2.24) is 9.80 Å². The topological polar surface area (TPSA) is 66.6 Å². The number of nitrogens with two attached hydrogens (primary N) is 1. The number of urea groups is 1. The molecule has 1 heterocycles. The fraction of sp³-hybridized carbons (Fsp3) is 0.833. The molecule has 0 spiro atoms. The number of carbonyl (C=O) groups excluding carboxylic acids is 2. The van der Waals surface area contributed by atoms with Crippen molar-refractivity contribution in [3.8, 4) is 0 Å². The van der Waals surface area contributed by atoms with Crippen molar-refractivity contribution < 1.29 is 9.59 Å². The molecular formula is C12H21N3O2. The molecule has 1 unspecified atom stereocenters. The lowest BCUT2D eigenvalue weighted by atomic mass is 9.84. The van der Waals surface area contributed by atoms with Gasteiger partial charge in [-0.25, -0.2) is 4.79 Å². The maximum Gasteiger partial charge on any atom is 0.327 e. The van der Waals surface area contributed by atoms with Crippen LogP contribution in [0.2, 0.25) is 0 Å². The fourth-order valence-corrected chi connectivity index (χ4v) is 2.77. The third kappa shape index (κ3) is 2.60. The standard InChI is InChI=1S/C12H21N3O2/c1-14-8-11(16)15(12(14)17)7-10(13)9-5-3-2-4-6-9/h9-10H,2-8,13H2,1H3. The molecule has 3 amide bonds. The van der Waals surface area contributed by atoms with Crippen LogP contribution in [-0.2, 0) is 4.79 Å². The number of imide groups is 1. The monoisotopic (exact) mass is 239 g/mol. The van der Waals surface area contributed by atoms with E-state index in [0.29, 0.717) is 12.5 Å². The molecule has 5 nitrogen and oxygen atoms in total. The van der Waals surface area contributed by atoms with Gasteiger partial charge in [-0.05, 0) is 18.8 Å². The van der Waals surface area contributed by atoms with Crippen LogP contribution in [0.5, 0.6) is 0 Å². The van der Waals surface area contributed by atoms with Gasteiger partial charge >= 0.3 is 6.03 Å². The van der Waals surface area contributed by atoms with E-state index in [4.69, 9.17) is 5.73 Å². The number of hydrogen-bond acceptors (Lipinski definition) is 3. The Kier molecular flexibility index (Phi) is 3.66. The minimum atomic E-state index is -0.207. The second-order valence-electron chi connectivity index (χ2n) is 5.20. The quantitative estimate of drug-likeness (QED) is 0.740. The SMILES string of the molecule is CN1CC(=O)N(CC(N)C2CCCCC2)C1=O. The molecule has 1 aliphatic carbocycles. The van der Waals surface area contributed by atoms with Gasteiger partial charge < -0.3 is 10.6 Å². The third-order valence-electron chi connectivity index (χ3n) is 3.88. The van der Waals surface area contributed by atoms with E-state index in [2.05, 4.69) is 0 Å². The zero-order valence-electron chi connectivity index (χ0n) is 10.4. The van der Waals surface area contributed by atoms with Gasteiger partial charge in [0.05, 0.1) is 0 Å². The van der Waals surface area contributed by atoms with Crippen molar-refractivity contribution in [3.63, 3.8) is 0 Å². The van der Waals surface area contributed by atoms with Gasteiger partial charge in [-0.3, -0.25) is 9.69 Å². The van der Waals surface area contributed by atoms with Crippen LogP contribution in [0, 0.1) is 5.92 Å². The van der Waals surface area contributed by atoms with E-state index in [-0.39, 0.29) is 24.5 Å². The molecule has 2 rings (SSSR count). The first-order valence-electron chi connectivity index (χ1n) is 6.40. The average molecular weight is 239 g/mol. The molecule has 1 aliphatic heterocycles. The number of nitrogens with zero attached hydrogens (tertiary/aromatic N) is 2. The van der Waals surface area contributed by atoms with Crippen LogP contribution in [-0.4, -0.2) is 47.9 Å². The predicted molar refractivity (Wildman–Crippen MR) is 64.3 cm³/mol. The summed E-state index contributed by atoms with van der Waals surface area (Å²) in [5, 5.41) is 0. The Bertz CT molecular complexity index is 313. The maximum absolute atomic E-state index is 11.7. The summed E-state index contributed by atoms with van der Waals surface area (Å²) in [7, 11) is 1.65. The first kappa shape index (κ1) is 12.4. The van der Waals surface area contributed by atoms with Crippen LogP contribution in [0.4, 0.5) is 4.79 Å². The van der Waals surface area contributed by atoms with Crippen LogP contribution >= 0.6 is 0 Å². The Morgan fingerprint density at radius 3 is 2.47 bits per heavy atom. The van der Waals surface area contributed by atoms with Crippen LogP contribution in [0.3, 0.4) is 0 Å². The Morgan fingerprint density at radius 2 is 1.94 bits per heavy atom. The number of rotatable bonds is 3. The van der Waals surface area contributed by atoms with Crippen molar-refractivity contribution >= 4 is 11.9 Å². The van der Waals surface area contributed by atoms with E-state index >= 15 is 0 Å². The molecule has 5 heteroatoms. The van der Waals surface area contributed by atoms with Crippen LogP contribution < -0.4 is 5.73 Å². The highest BCUT2D eigenvalue weighted by atomic mass is 16.2. The number of likely N-dealkylation sites (N-methyl/N-ethyl adjacent to an activating group) is 1. The summed E-state index contributed by atoms with van der Waals surface area (Å²) in [6.07, 6.45) is 5.99. The summed E-state index contributed by atoms with van der Waals surface area (Å²) < 4.78 is 0. The maximum atomic E-state index is 11.7. The molecule has 0 aromatic carbocycles. The third-order valence-corrected chi connectivity index (χ3v) is 3.88. The summed E-state index contributed by atoms with van der Waals surface area (Å²) in [5.41, 5.74) is 6.13. The molecule has 2 aliphatic rings. The average Bonchev–Trinajstić information content (AvgIpc) is 2.57. The van der Waals surface area contributed by atoms with Gasteiger partial charge in [-0.15, -0.1) is 0 Å². The Hall–Kier alpha value is -1.10. The summed E-state index contributed by atoms with van der Waals surface area (Å²) in [5.74, 6) is 0.346. The van der Waals surface area contributed by atoms with E-state index in [9.17, 15) is 9.59 Å². The number of hydrogen-bond donors (Lipinski definition) is 1. The second kappa shape index (κ2) is 5.04. The van der Waals surface area contributed by atoms with Gasteiger partial charge in [-0.2, -0.15) is 0 Å². The van der Waals surface area contributed by atoms with Gasteiger partial charge in [0.25, 0.3) is 0 Å². The normalized spacial score (nSPS) is 24.6. The van der Waals surface area contributed by atoms with Gasteiger partial charge in [0.2, 0.25) is 5.91 Å². The fourth-order valence-electron chi connectivity index (χ4n) is 2.77. The van der Waals surface area contributed by atoms with Gasteiger partial charge in [0.1, 0.15) is 6.54 Å². The highest BCUT2D eigenvalue weighted by molar-refractivity contribution is 6.01. The molecule has 2 fully saturated rings. The molecule has 96 valence electrons. The van der Waals surface area contributed by atoms with Gasteiger partial charge in [-0.1, -0.05) is 19.3 Å². The molecule has 1 saturated heterocycles. The summed E-state index contributed by atoms with van der Waals surface area (Å²) in [6, 6.07) is -0.268. The summed E-state index contributed by atoms with van der Waals surface area (Å²) >= 11 is 0. The lowest BCUT2D eigenvalue weighted by Crippen LogP contribution is -2.45. The Balaban J connectivity index is 1.91. The lowest BCUT2D eigenvalue weighted by Gasteiger charge is -2.29. The highest BCUT2D eigenvalue weighted by Gasteiger charge is 2.35. The van der Waals surface area contributed by atoms with Crippen molar-refractivity contribution in [2.24, 2.45) is 11.7 Å². The number of carbonyl (C=O) groups is 2. The molecule has 2 N–H and O–H groups in total. The molecule has 0 aromatic rings. The van der Waals surface area contributed by atoms with E-state index in [1.165, 1.54) is 29.1 Å². The second-order valence-corrected chi connectivity index (χ2v) is 5.20. The van der Waals surface area contributed by atoms with E-state index in [1.54, 1.807) is 7.05 Å². The van der Waals surface area contributed by atoms with Crippen LogP contribution in [0.1, 0.15) is 32.1 Å². The molecular weight excluding hydrogens is 218 g/mol. The molecule has 1 atom stereocenters. The lowest BCUT2D eigenvalue weighted by molar-refractivity contribution is -0.125. The molecule has 0 aromatic heterocycles. The summed E-state index contributed by atoms with van der Waals surface area (Å²) in [6.45, 7) is 0.572.